The molecule has 6 nitrogen and oxygen atoms in total. The van der Waals surface area contributed by atoms with Crippen LogP contribution in [0, 0.1) is 5.92 Å². The van der Waals surface area contributed by atoms with Crippen molar-refractivity contribution in [3.63, 3.8) is 0 Å². The molecular weight excluding hydrogens is 340 g/mol. The van der Waals surface area contributed by atoms with Gasteiger partial charge in [0.05, 0.1) is 11.6 Å². The number of benzene rings is 2. The lowest BCUT2D eigenvalue weighted by Crippen LogP contribution is -2.28. The van der Waals surface area contributed by atoms with Crippen molar-refractivity contribution in [2.75, 3.05) is 11.9 Å². The van der Waals surface area contributed by atoms with Gasteiger partial charge in [-0.3, -0.25) is 9.59 Å². The molecule has 1 aliphatic heterocycles. The predicted octanol–water partition coefficient (Wildman–Crippen LogP) is 2.86. The minimum Gasteiger partial charge on any atom is -0.338 e. The fourth-order valence-corrected chi connectivity index (χ4v) is 3.30. The third-order valence-corrected chi connectivity index (χ3v) is 4.68. The molecule has 6 heteroatoms. The highest BCUT2D eigenvalue weighted by atomic mass is 16.2. The van der Waals surface area contributed by atoms with Gasteiger partial charge in [0.1, 0.15) is 0 Å². The summed E-state index contributed by atoms with van der Waals surface area (Å²) in [6.45, 7) is 0.983. The molecule has 0 bridgehead atoms. The molecule has 2 aromatic carbocycles. The maximum atomic E-state index is 12.6. The smallest absolute Gasteiger partial charge is 0.229 e. The second-order valence-electron chi connectivity index (χ2n) is 6.65. The third-order valence-electron chi connectivity index (χ3n) is 4.68. The zero-order valence-corrected chi connectivity index (χ0v) is 14.8. The molecular formula is C21H20N4O2. The molecule has 2 heterocycles. The fraction of sp³-hybridized carbons (Fsp3) is 0.190. The van der Waals surface area contributed by atoms with Gasteiger partial charge in [0.15, 0.2) is 0 Å². The van der Waals surface area contributed by atoms with E-state index in [1.807, 2.05) is 66.9 Å². The predicted molar refractivity (Wildman–Crippen MR) is 102 cm³/mol. The van der Waals surface area contributed by atoms with Crippen LogP contribution >= 0.6 is 0 Å². The fourth-order valence-electron chi connectivity index (χ4n) is 3.30. The van der Waals surface area contributed by atoms with Gasteiger partial charge in [-0.1, -0.05) is 36.4 Å². The maximum Gasteiger partial charge on any atom is 0.229 e. The van der Waals surface area contributed by atoms with E-state index >= 15 is 0 Å². The van der Waals surface area contributed by atoms with E-state index in [4.69, 9.17) is 0 Å². The first-order chi connectivity index (χ1) is 13.2. The summed E-state index contributed by atoms with van der Waals surface area (Å²) in [6.07, 6.45) is 3.80. The van der Waals surface area contributed by atoms with Crippen LogP contribution < -0.4 is 5.32 Å². The van der Waals surface area contributed by atoms with Crippen LogP contribution in [0.3, 0.4) is 0 Å². The second-order valence-corrected chi connectivity index (χ2v) is 6.65. The molecule has 1 saturated heterocycles. The van der Waals surface area contributed by atoms with E-state index in [-0.39, 0.29) is 24.2 Å². The lowest BCUT2D eigenvalue weighted by molar-refractivity contribution is -0.128. The molecule has 4 rings (SSSR count). The van der Waals surface area contributed by atoms with Crippen LogP contribution in [0.1, 0.15) is 12.0 Å². The first kappa shape index (κ1) is 17.0. The molecule has 1 atom stereocenters. The molecule has 1 N–H and O–H groups in total. The number of nitrogens with zero attached hydrogens (tertiary/aromatic N) is 3. The summed E-state index contributed by atoms with van der Waals surface area (Å²) >= 11 is 0. The molecule has 27 heavy (non-hydrogen) atoms. The highest BCUT2D eigenvalue weighted by Gasteiger charge is 2.34. The van der Waals surface area contributed by atoms with Crippen molar-refractivity contribution in [2.24, 2.45) is 5.92 Å². The van der Waals surface area contributed by atoms with Gasteiger partial charge in [-0.25, -0.2) is 4.68 Å². The van der Waals surface area contributed by atoms with Crippen molar-refractivity contribution in [3.8, 4) is 5.69 Å². The molecule has 1 aliphatic rings. The lowest BCUT2D eigenvalue weighted by Gasteiger charge is -2.16. The topological polar surface area (TPSA) is 67.2 Å². The molecule has 0 spiro atoms. The number of likely N-dealkylation sites (tertiary alicyclic amines) is 1. The minimum absolute atomic E-state index is 0.0179. The Morgan fingerprint density at radius 3 is 2.74 bits per heavy atom. The number of nitrogens with one attached hydrogen (secondary N) is 1. The van der Waals surface area contributed by atoms with Crippen LogP contribution in [0.5, 0.6) is 0 Å². The Bertz CT molecular complexity index is 938. The van der Waals surface area contributed by atoms with E-state index in [1.165, 1.54) is 0 Å². The third kappa shape index (κ3) is 3.89. The van der Waals surface area contributed by atoms with Crippen molar-refractivity contribution in [3.05, 3.63) is 78.6 Å². The SMILES string of the molecule is O=C(Nc1cccc(-n2cccn2)c1)C1CC(=O)N(Cc2ccccc2)C1. The molecule has 0 aliphatic carbocycles. The molecule has 3 aromatic rings. The summed E-state index contributed by atoms with van der Waals surface area (Å²) in [5.74, 6) is -0.449. The Hall–Kier alpha value is -3.41. The normalized spacial score (nSPS) is 16.5. The number of carbonyl (C=O) groups is 2. The highest BCUT2D eigenvalue weighted by molar-refractivity contribution is 5.97. The Balaban J connectivity index is 1.40. The van der Waals surface area contributed by atoms with Gasteiger partial charge in [0, 0.05) is 37.6 Å². The van der Waals surface area contributed by atoms with Crippen molar-refractivity contribution < 1.29 is 9.59 Å². The average Bonchev–Trinajstić information content (AvgIpc) is 3.34. The van der Waals surface area contributed by atoms with Crippen LogP contribution in [0.15, 0.2) is 73.1 Å². The number of aromatic nitrogens is 2. The van der Waals surface area contributed by atoms with Gasteiger partial charge >= 0.3 is 0 Å². The van der Waals surface area contributed by atoms with E-state index in [9.17, 15) is 9.59 Å². The summed E-state index contributed by atoms with van der Waals surface area (Å²) < 4.78 is 1.73. The molecule has 1 aromatic heterocycles. The van der Waals surface area contributed by atoms with Crippen LogP contribution in [-0.4, -0.2) is 33.0 Å². The molecule has 1 fully saturated rings. The van der Waals surface area contributed by atoms with Gasteiger partial charge in [-0.05, 0) is 29.8 Å². The zero-order chi connectivity index (χ0) is 18.6. The molecule has 0 radical (unpaired) electrons. The van der Waals surface area contributed by atoms with Gasteiger partial charge in [0.2, 0.25) is 11.8 Å². The zero-order valence-electron chi connectivity index (χ0n) is 14.8. The molecule has 2 amide bonds. The van der Waals surface area contributed by atoms with Crippen LogP contribution in [0.4, 0.5) is 5.69 Å². The van der Waals surface area contributed by atoms with Crippen LogP contribution in [-0.2, 0) is 16.1 Å². The van der Waals surface area contributed by atoms with Gasteiger partial charge in [0.25, 0.3) is 0 Å². The summed E-state index contributed by atoms with van der Waals surface area (Å²) in [5, 5.41) is 7.13. The first-order valence-electron chi connectivity index (χ1n) is 8.92. The Kier molecular flexibility index (Phi) is 4.70. The Labute approximate surface area is 157 Å². The summed E-state index contributed by atoms with van der Waals surface area (Å²) in [5.41, 5.74) is 2.63. The monoisotopic (exact) mass is 360 g/mol. The minimum atomic E-state index is -0.338. The van der Waals surface area contributed by atoms with E-state index in [0.717, 1.165) is 11.3 Å². The average molecular weight is 360 g/mol. The van der Waals surface area contributed by atoms with Crippen molar-refractivity contribution >= 4 is 17.5 Å². The van der Waals surface area contributed by atoms with Gasteiger partial charge in [-0.2, -0.15) is 5.10 Å². The number of carbonyl (C=O) groups excluding carboxylic acids is 2. The summed E-state index contributed by atoms with van der Waals surface area (Å²) in [4.78, 5) is 26.7. The van der Waals surface area contributed by atoms with E-state index < -0.39 is 0 Å². The van der Waals surface area contributed by atoms with Gasteiger partial charge < -0.3 is 10.2 Å². The first-order valence-corrected chi connectivity index (χ1v) is 8.92. The number of anilines is 1. The maximum absolute atomic E-state index is 12.6. The van der Waals surface area contributed by atoms with E-state index in [0.29, 0.717) is 18.8 Å². The standard InChI is InChI=1S/C21H20N4O2/c26-20-12-17(15-24(20)14-16-6-2-1-3-7-16)21(27)23-18-8-4-9-19(13-18)25-11-5-10-22-25/h1-11,13,17H,12,14-15H2,(H,23,27). The number of hydrogen-bond acceptors (Lipinski definition) is 3. The van der Waals surface area contributed by atoms with Gasteiger partial charge in [-0.15, -0.1) is 0 Å². The Morgan fingerprint density at radius 2 is 1.96 bits per heavy atom. The van der Waals surface area contributed by atoms with Crippen LogP contribution in [0.2, 0.25) is 0 Å². The number of rotatable bonds is 5. The lowest BCUT2D eigenvalue weighted by atomic mass is 10.1. The largest absolute Gasteiger partial charge is 0.338 e. The van der Waals surface area contributed by atoms with Crippen molar-refractivity contribution in [1.82, 2.24) is 14.7 Å². The van der Waals surface area contributed by atoms with Crippen molar-refractivity contribution in [1.29, 1.82) is 0 Å². The van der Waals surface area contributed by atoms with E-state index in [2.05, 4.69) is 10.4 Å². The molecule has 1 unspecified atom stereocenters. The summed E-state index contributed by atoms with van der Waals surface area (Å²) in [6, 6.07) is 19.2. The van der Waals surface area contributed by atoms with E-state index in [1.54, 1.807) is 15.8 Å². The number of amides is 2. The molecule has 0 saturated carbocycles. The van der Waals surface area contributed by atoms with Crippen molar-refractivity contribution in [2.45, 2.75) is 13.0 Å². The second kappa shape index (κ2) is 7.45. The number of hydrogen-bond donors (Lipinski definition) is 1. The highest BCUT2D eigenvalue weighted by Crippen LogP contribution is 2.22. The van der Waals surface area contributed by atoms with Crippen LogP contribution in [0.25, 0.3) is 5.69 Å². The quantitative estimate of drug-likeness (QED) is 0.761. The molecule has 136 valence electrons. The summed E-state index contributed by atoms with van der Waals surface area (Å²) in [7, 11) is 0. The Morgan fingerprint density at radius 1 is 1.11 bits per heavy atom.